The molecule has 94 valence electrons. The van der Waals surface area contributed by atoms with Crippen LogP contribution >= 0.6 is 11.6 Å². The molecule has 17 heavy (non-hydrogen) atoms. The van der Waals surface area contributed by atoms with Crippen molar-refractivity contribution >= 4 is 17.3 Å². The van der Waals surface area contributed by atoms with Gasteiger partial charge in [0, 0.05) is 36.4 Å². The monoisotopic (exact) mass is 254 g/mol. The topological polar surface area (TPSA) is 35.5 Å². The van der Waals surface area contributed by atoms with Gasteiger partial charge in [0.15, 0.2) is 0 Å². The van der Waals surface area contributed by atoms with Gasteiger partial charge in [0.1, 0.15) is 0 Å². The van der Waals surface area contributed by atoms with Crippen molar-refractivity contribution in [1.29, 1.82) is 0 Å². The third-order valence-corrected chi connectivity index (χ3v) is 3.36. The van der Waals surface area contributed by atoms with E-state index < -0.39 is 0 Å². The van der Waals surface area contributed by atoms with Crippen LogP contribution in [-0.4, -0.2) is 36.9 Å². The molecule has 1 aliphatic heterocycles. The predicted molar refractivity (Wildman–Crippen MR) is 71.9 cm³/mol. The number of benzene rings is 1. The Bertz CT molecular complexity index is 385. The normalized spacial score (nSPS) is 25.8. The number of nitrogens with one attached hydrogen (secondary N) is 1. The Balaban J connectivity index is 2.24. The Kier molecular flexibility index (Phi) is 3.92. The van der Waals surface area contributed by atoms with Crippen molar-refractivity contribution < 1.29 is 5.11 Å². The highest BCUT2D eigenvalue weighted by molar-refractivity contribution is 6.30. The van der Waals surface area contributed by atoms with E-state index in [0.717, 1.165) is 22.8 Å². The summed E-state index contributed by atoms with van der Waals surface area (Å²) in [5.74, 6) is 0. The molecule has 2 rings (SSSR count). The van der Waals surface area contributed by atoms with Crippen LogP contribution in [0, 0.1) is 6.92 Å². The van der Waals surface area contributed by atoms with Crippen LogP contribution in [-0.2, 0) is 0 Å². The van der Waals surface area contributed by atoms with E-state index in [0.29, 0.717) is 19.1 Å². The number of β-amino-alcohol motifs (C(OH)–C–C–N with tert-alkyl or cyclic N) is 1. The molecule has 1 heterocycles. The first kappa shape index (κ1) is 12.7. The Morgan fingerprint density at radius 1 is 1.41 bits per heavy atom. The number of aliphatic hydroxyl groups is 1. The van der Waals surface area contributed by atoms with E-state index >= 15 is 0 Å². The molecule has 2 N–H and O–H groups in total. The highest BCUT2D eigenvalue weighted by Crippen LogP contribution is 2.24. The van der Waals surface area contributed by atoms with E-state index in [-0.39, 0.29) is 6.10 Å². The van der Waals surface area contributed by atoms with Crippen LogP contribution < -0.4 is 10.2 Å². The van der Waals surface area contributed by atoms with E-state index in [1.165, 1.54) is 0 Å². The lowest BCUT2D eigenvalue weighted by Crippen LogP contribution is -2.35. The lowest BCUT2D eigenvalue weighted by atomic mass is 10.1. The van der Waals surface area contributed by atoms with Crippen molar-refractivity contribution in [1.82, 2.24) is 5.32 Å². The minimum absolute atomic E-state index is 0.324. The Morgan fingerprint density at radius 2 is 2.18 bits per heavy atom. The van der Waals surface area contributed by atoms with Crippen molar-refractivity contribution in [2.24, 2.45) is 0 Å². The van der Waals surface area contributed by atoms with Crippen molar-refractivity contribution in [3.8, 4) is 0 Å². The summed E-state index contributed by atoms with van der Waals surface area (Å²) in [6.45, 7) is 6.41. The molecular weight excluding hydrogens is 236 g/mol. The van der Waals surface area contributed by atoms with Gasteiger partial charge in [-0.05, 0) is 37.6 Å². The standard InChI is InChI=1S/C13H19ClN2O/c1-9-5-11(14)3-4-13(9)16-7-10(2)15-6-12(17)8-16/h3-5,10,12,15,17H,6-8H2,1-2H3. The molecule has 0 amide bonds. The molecular formula is C13H19ClN2O. The second-order valence-corrected chi connectivity index (χ2v) is 5.24. The number of hydrogen-bond donors (Lipinski definition) is 2. The third kappa shape index (κ3) is 3.12. The van der Waals surface area contributed by atoms with E-state index in [9.17, 15) is 5.11 Å². The quantitative estimate of drug-likeness (QED) is 0.802. The number of halogens is 1. The van der Waals surface area contributed by atoms with Crippen molar-refractivity contribution in [2.45, 2.75) is 26.0 Å². The first-order valence-corrected chi connectivity index (χ1v) is 6.36. The van der Waals surface area contributed by atoms with E-state index in [1.807, 2.05) is 18.2 Å². The van der Waals surface area contributed by atoms with Gasteiger partial charge in [-0.3, -0.25) is 0 Å². The number of aliphatic hydroxyl groups excluding tert-OH is 1. The van der Waals surface area contributed by atoms with Gasteiger partial charge in [-0.15, -0.1) is 0 Å². The van der Waals surface area contributed by atoms with Crippen molar-refractivity contribution in [3.63, 3.8) is 0 Å². The molecule has 2 unspecified atom stereocenters. The number of nitrogens with zero attached hydrogens (tertiary/aromatic N) is 1. The summed E-state index contributed by atoms with van der Waals surface area (Å²) in [7, 11) is 0. The van der Waals surface area contributed by atoms with Crippen molar-refractivity contribution in [3.05, 3.63) is 28.8 Å². The summed E-state index contributed by atoms with van der Waals surface area (Å²) < 4.78 is 0. The molecule has 1 aliphatic rings. The fourth-order valence-electron chi connectivity index (χ4n) is 2.30. The van der Waals surface area contributed by atoms with E-state index in [1.54, 1.807) is 0 Å². The van der Waals surface area contributed by atoms with Gasteiger partial charge in [-0.2, -0.15) is 0 Å². The number of anilines is 1. The number of aryl methyl sites for hydroxylation is 1. The molecule has 3 nitrogen and oxygen atoms in total. The van der Waals surface area contributed by atoms with E-state index in [4.69, 9.17) is 11.6 Å². The smallest absolute Gasteiger partial charge is 0.0839 e. The zero-order valence-corrected chi connectivity index (χ0v) is 11.0. The molecule has 0 saturated carbocycles. The summed E-state index contributed by atoms with van der Waals surface area (Å²) in [4.78, 5) is 2.22. The van der Waals surface area contributed by atoms with Crippen LogP contribution in [0.3, 0.4) is 0 Å². The SMILES string of the molecule is Cc1cc(Cl)ccc1N1CC(O)CNC(C)C1. The molecule has 4 heteroatoms. The minimum atomic E-state index is -0.324. The lowest BCUT2D eigenvalue weighted by molar-refractivity contribution is 0.183. The van der Waals surface area contributed by atoms with Crippen LogP contribution in [0.25, 0.3) is 0 Å². The van der Waals surface area contributed by atoms with Crippen molar-refractivity contribution in [2.75, 3.05) is 24.5 Å². The fraction of sp³-hybridized carbons (Fsp3) is 0.538. The molecule has 0 bridgehead atoms. The lowest BCUT2D eigenvalue weighted by Gasteiger charge is -2.27. The molecule has 1 aromatic carbocycles. The highest BCUT2D eigenvalue weighted by Gasteiger charge is 2.20. The van der Waals surface area contributed by atoms with Crippen LogP contribution in [0.5, 0.6) is 0 Å². The summed E-state index contributed by atoms with van der Waals surface area (Å²) in [5, 5.41) is 13.9. The summed E-state index contributed by atoms with van der Waals surface area (Å²) in [6.07, 6.45) is -0.324. The third-order valence-electron chi connectivity index (χ3n) is 3.13. The number of hydrogen-bond acceptors (Lipinski definition) is 3. The number of rotatable bonds is 1. The van der Waals surface area contributed by atoms with Gasteiger partial charge in [0.2, 0.25) is 0 Å². The van der Waals surface area contributed by atoms with Gasteiger partial charge < -0.3 is 15.3 Å². The zero-order valence-electron chi connectivity index (χ0n) is 10.3. The molecule has 0 aliphatic carbocycles. The Hall–Kier alpha value is -0.770. The Labute approximate surface area is 107 Å². The first-order chi connectivity index (χ1) is 8.06. The summed E-state index contributed by atoms with van der Waals surface area (Å²) >= 11 is 5.97. The Morgan fingerprint density at radius 3 is 2.88 bits per heavy atom. The van der Waals surface area contributed by atoms with Crippen LogP contribution in [0.4, 0.5) is 5.69 Å². The van der Waals surface area contributed by atoms with Gasteiger partial charge >= 0.3 is 0 Å². The van der Waals surface area contributed by atoms with Gasteiger partial charge in [0.05, 0.1) is 6.10 Å². The molecule has 0 aromatic heterocycles. The largest absolute Gasteiger partial charge is 0.390 e. The molecule has 0 spiro atoms. The van der Waals surface area contributed by atoms with Crippen LogP contribution in [0.1, 0.15) is 12.5 Å². The van der Waals surface area contributed by atoms with Gasteiger partial charge in [-0.1, -0.05) is 11.6 Å². The molecule has 0 radical (unpaired) electrons. The molecule has 1 fully saturated rings. The highest BCUT2D eigenvalue weighted by atomic mass is 35.5. The van der Waals surface area contributed by atoms with E-state index in [2.05, 4.69) is 24.1 Å². The first-order valence-electron chi connectivity index (χ1n) is 5.99. The molecule has 2 atom stereocenters. The van der Waals surface area contributed by atoms with Crippen LogP contribution in [0.15, 0.2) is 18.2 Å². The van der Waals surface area contributed by atoms with Crippen LogP contribution in [0.2, 0.25) is 5.02 Å². The average Bonchev–Trinajstić information content (AvgIpc) is 2.40. The van der Waals surface area contributed by atoms with Gasteiger partial charge in [-0.25, -0.2) is 0 Å². The molecule has 1 aromatic rings. The predicted octanol–water partition coefficient (Wildman–Crippen LogP) is 1.81. The summed E-state index contributed by atoms with van der Waals surface area (Å²) in [5.41, 5.74) is 2.31. The summed E-state index contributed by atoms with van der Waals surface area (Å²) in [6, 6.07) is 6.27. The maximum atomic E-state index is 9.85. The second-order valence-electron chi connectivity index (χ2n) is 4.80. The maximum Gasteiger partial charge on any atom is 0.0839 e. The fourth-order valence-corrected chi connectivity index (χ4v) is 2.52. The second kappa shape index (κ2) is 5.25. The van der Waals surface area contributed by atoms with Gasteiger partial charge in [0.25, 0.3) is 0 Å². The zero-order chi connectivity index (χ0) is 12.4. The average molecular weight is 255 g/mol. The minimum Gasteiger partial charge on any atom is -0.390 e. The maximum absolute atomic E-state index is 9.85. The molecule has 1 saturated heterocycles.